The van der Waals surface area contributed by atoms with Crippen LogP contribution in [0.15, 0.2) is 24.3 Å². The molecule has 0 aromatic heterocycles. The lowest BCUT2D eigenvalue weighted by Crippen LogP contribution is -2.64. The molecular formula is C24H30N2O5S. The quantitative estimate of drug-likeness (QED) is 0.694. The maximum Gasteiger partial charge on any atom is 0.325 e. The molecule has 3 aliphatic heterocycles. The van der Waals surface area contributed by atoms with Gasteiger partial charge in [0.2, 0.25) is 0 Å². The van der Waals surface area contributed by atoms with Crippen LogP contribution in [0, 0.1) is 5.92 Å². The van der Waals surface area contributed by atoms with E-state index >= 15 is 0 Å². The lowest BCUT2D eigenvalue weighted by atomic mass is 9.73. The minimum absolute atomic E-state index is 0.174. The summed E-state index contributed by atoms with van der Waals surface area (Å²) in [6.07, 6.45) is 6.86. The Morgan fingerprint density at radius 2 is 1.81 bits per heavy atom. The van der Waals surface area contributed by atoms with E-state index < -0.39 is 28.1 Å². The SMILES string of the molecule is COC(=O)[C@H]1[C@@H]2CCCN2[C@@]2(C(=O)Nc3ccccc32)[C@]1(SC1CCCCC1)C(=O)OC. The fraction of sp³-hybridized carbons (Fsp3) is 0.625. The normalized spacial score (nSPS) is 34.2. The molecule has 2 saturated heterocycles. The van der Waals surface area contributed by atoms with Crippen LogP contribution >= 0.6 is 11.8 Å². The van der Waals surface area contributed by atoms with Crippen molar-refractivity contribution in [1.29, 1.82) is 0 Å². The second-order valence-electron chi connectivity index (χ2n) is 9.22. The minimum atomic E-state index is -1.42. The second kappa shape index (κ2) is 8.06. The summed E-state index contributed by atoms with van der Waals surface area (Å²) in [6.45, 7) is 0.643. The van der Waals surface area contributed by atoms with E-state index in [2.05, 4.69) is 10.2 Å². The Kier molecular flexibility index (Phi) is 5.48. The number of thioether (sulfide) groups is 1. The zero-order valence-electron chi connectivity index (χ0n) is 18.6. The van der Waals surface area contributed by atoms with E-state index in [0.29, 0.717) is 12.2 Å². The van der Waals surface area contributed by atoms with Crippen molar-refractivity contribution in [2.75, 3.05) is 26.1 Å². The maximum atomic E-state index is 14.0. The first-order chi connectivity index (χ1) is 15.5. The number of fused-ring (bicyclic) bond motifs is 4. The number of anilines is 1. The van der Waals surface area contributed by atoms with Gasteiger partial charge in [0.15, 0.2) is 10.3 Å². The number of benzene rings is 1. The Bertz CT molecular complexity index is 948. The standard InChI is InChI=1S/C24H30N2O5S/c1-30-20(27)19-18-13-8-14-26(18)23(16-11-6-7-12-17(16)25-21(23)28)24(19,22(29)31-2)32-15-9-4-3-5-10-15/h6-7,11-12,15,18-19H,3-5,8-10,13-14H2,1-2H3,(H,25,28)/t18-,19+,23-,24+/m0/s1. The number of esters is 2. The zero-order valence-corrected chi connectivity index (χ0v) is 19.4. The molecule has 5 rings (SSSR count). The van der Waals surface area contributed by atoms with Crippen molar-refractivity contribution >= 4 is 35.3 Å². The van der Waals surface area contributed by atoms with Crippen LogP contribution in [-0.4, -0.2) is 59.5 Å². The highest BCUT2D eigenvalue weighted by atomic mass is 32.2. The second-order valence-corrected chi connectivity index (χ2v) is 10.8. The highest BCUT2D eigenvalue weighted by Crippen LogP contribution is 2.66. The number of methoxy groups -OCH3 is 2. The molecule has 1 amide bonds. The van der Waals surface area contributed by atoms with Crippen LogP contribution in [-0.2, 0) is 29.4 Å². The molecule has 1 N–H and O–H groups in total. The number of nitrogens with zero attached hydrogens (tertiary/aromatic N) is 1. The number of nitrogens with one attached hydrogen (secondary N) is 1. The van der Waals surface area contributed by atoms with E-state index in [0.717, 1.165) is 44.1 Å². The van der Waals surface area contributed by atoms with E-state index in [1.54, 1.807) is 0 Å². The van der Waals surface area contributed by atoms with Gasteiger partial charge in [-0.25, -0.2) is 0 Å². The maximum absolute atomic E-state index is 14.0. The first kappa shape index (κ1) is 21.8. The van der Waals surface area contributed by atoms with E-state index in [1.165, 1.54) is 32.4 Å². The lowest BCUT2D eigenvalue weighted by Gasteiger charge is -2.46. The molecule has 0 radical (unpaired) electrons. The molecule has 3 fully saturated rings. The molecule has 0 unspecified atom stereocenters. The fourth-order valence-electron chi connectivity index (χ4n) is 6.69. The molecular weight excluding hydrogens is 428 g/mol. The Morgan fingerprint density at radius 3 is 2.53 bits per heavy atom. The van der Waals surface area contributed by atoms with Gasteiger partial charge < -0.3 is 14.8 Å². The predicted octanol–water partition coefficient (Wildman–Crippen LogP) is 3.08. The summed E-state index contributed by atoms with van der Waals surface area (Å²) in [5, 5.41) is 3.21. The number of hydrogen-bond donors (Lipinski definition) is 1. The number of carbonyl (C=O) groups excluding carboxylic acids is 3. The summed E-state index contributed by atoms with van der Waals surface area (Å²) in [5.41, 5.74) is 0.155. The van der Waals surface area contributed by atoms with Crippen LogP contribution < -0.4 is 5.32 Å². The molecule has 4 atom stereocenters. The van der Waals surface area contributed by atoms with Gasteiger partial charge in [-0.15, -0.1) is 11.8 Å². The van der Waals surface area contributed by atoms with Gasteiger partial charge in [-0.05, 0) is 38.3 Å². The van der Waals surface area contributed by atoms with Crippen LogP contribution in [0.1, 0.15) is 50.5 Å². The van der Waals surface area contributed by atoms with Crippen LogP contribution in [0.5, 0.6) is 0 Å². The van der Waals surface area contributed by atoms with Crippen LogP contribution in [0.2, 0.25) is 0 Å². The molecule has 1 aromatic rings. The molecule has 1 saturated carbocycles. The molecule has 1 spiro atoms. The largest absolute Gasteiger partial charge is 0.469 e. The number of ether oxygens (including phenoxy) is 2. The van der Waals surface area contributed by atoms with Gasteiger partial charge in [0.05, 0.1) is 14.2 Å². The van der Waals surface area contributed by atoms with Gasteiger partial charge in [-0.2, -0.15) is 0 Å². The number of hydrogen-bond acceptors (Lipinski definition) is 7. The van der Waals surface area contributed by atoms with Gasteiger partial charge in [-0.3, -0.25) is 19.3 Å². The minimum Gasteiger partial charge on any atom is -0.469 e. The summed E-state index contributed by atoms with van der Waals surface area (Å²) in [5.74, 6) is -1.98. The molecule has 0 bridgehead atoms. The van der Waals surface area contributed by atoms with Crippen LogP contribution in [0.25, 0.3) is 0 Å². The Labute approximate surface area is 192 Å². The summed E-state index contributed by atoms with van der Waals surface area (Å²) in [4.78, 5) is 43.4. The molecule has 7 nitrogen and oxygen atoms in total. The van der Waals surface area contributed by atoms with Crippen molar-refractivity contribution in [3.63, 3.8) is 0 Å². The van der Waals surface area contributed by atoms with Gasteiger partial charge in [-0.1, -0.05) is 37.5 Å². The highest BCUT2D eigenvalue weighted by Gasteiger charge is 2.81. The van der Waals surface area contributed by atoms with Gasteiger partial charge in [0.1, 0.15) is 5.92 Å². The zero-order chi connectivity index (χ0) is 22.5. The van der Waals surface area contributed by atoms with Crippen LogP contribution in [0.4, 0.5) is 5.69 Å². The van der Waals surface area contributed by atoms with Crippen molar-refractivity contribution in [1.82, 2.24) is 4.90 Å². The van der Waals surface area contributed by atoms with Gasteiger partial charge in [0, 0.05) is 22.5 Å². The molecule has 32 heavy (non-hydrogen) atoms. The topological polar surface area (TPSA) is 84.9 Å². The monoisotopic (exact) mass is 458 g/mol. The number of para-hydroxylation sites is 1. The van der Waals surface area contributed by atoms with E-state index in [9.17, 15) is 14.4 Å². The lowest BCUT2D eigenvalue weighted by molar-refractivity contribution is -0.157. The number of carbonyl (C=O) groups is 3. The third-order valence-electron chi connectivity index (χ3n) is 7.83. The Morgan fingerprint density at radius 1 is 1.06 bits per heavy atom. The van der Waals surface area contributed by atoms with E-state index in [4.69, 9.17) is 9.47 Å². The molecule has 1 aromatic carbocycles. The van der Waals surface area contributed by atoms with Gasteiger partial charge >= 0.3 is 11.9 Å². The van der Waals surface area contributed by atoms with Gasteiger partial charge in [0.25, 0.3) is 5.91 Å². The summed E-state index contributed by atoms with van der Waals surface area (Å²) < 4.78 is 9.32. The highest BCUT2D eigenvalue weighted by molar-refractivity contribution is 8.02. The fourth-order valence-corrected chi connectivity index (χ4v) is 8.85. The average molecular weight is 459 g/mol. The summed E-state index contributed by atoms with van der Waals surface area (Å²) in [6, 6.07) is 7.30. The van der Waals surface area contributed by atoms with E-state index in [1.807, 2.05) is 24.3 Å². The number of rotatable bonds is 4. The van der Waals surface area contributed by atoms with Crippen molar-refractivity contribution in [3.8, 4) is 0 Å². The molecule has 8 heteroatoms. The molecule has 4 aliphatic rings. The van der Waals surface area contributed by atoms with Crippen molar-refractivity contribution in [2.24, 2.45) is 5.92 Å². The Balaban J connectivity index is 1.80. The third kappa shape index (κ3) is 2.68. The van der Waals surface area contributed by atoms with Crippen molar-refractivity contribution in [2.45, 2.75) is 66.5 Å². The predicted molar refractivity (Wildman–Crippen MR) is 121 cm³/mol. The average Bonchev–Trinajstić information content (AvgIpc) is 3.46. The summed E-state index contributed by atoms with van der Waals surface area (Å²) >= 11 is 1.50. The smallest absolute Gasteiger partial charge is 0.325 e. The molecule has 1 aliphatic carbocycles. The van der Waals surface area contributed by atoms with Crippen molar-refractivity contribution < 1.29 is 23.9 Å². The Hall–Kier alpha value is -2.06. The number of amides is 1. The van der Waals surface area contributed by atoms with Crippen molar-refractivity contribution in [3.05, 3.63) is 29.8 Å². The first-order valence-electron chi connectivity index (χ1n) is 11.5. The molecule has 172 valence electrons. The third-order valence-corrected chi connectivity index (χ3v) is 9.73. The summed E-state index contributed by atoms with van der Waals surface area (Å²) in [7, 11) is 2.72. The first-order valence-corrected chi connectivity index (χ1v) is 12.4. The van der Waals surface area contributed by atoms with E-state index in [-0.39, 0.29) is 17.2 Å². The van der Waals surface area contributed by atoms with Crippen LogP contribution in [0.3, 0.4) is 0 Å². The molecule has 3 heterocycles.